The first-order chi connectivity index (χ1) is 14.8. The maximum absolute atomic E-state index is 12.8. The molecule has 3 aromatic heterocycles. The summed E-state index contributed by atoms with van der Waals surface area (Å²) in [6.07, 6.45) is 2.78. The molecule has 0 unspecified atom stereocenters. The quantitative estimate of drug-likeness (QED) is 0.618. The molecule has 1 N–H and O–H groups in total. The Morgan fingerprint density at radius 1 is 1.09 bits per heavy atom. The van der Waals surface area contributed by atoms with Crippen LogP contribution in [0.1, 0.15) is 34.5 Å². The molecular formula is C23H22ClF3N4O. The summed E-state index contributed by atoms with van der Waals surface area (Å²) in [6, 6.07) is 5.40. The second-order valence-corrected chi connectivity index (χ2v) is 7.96. The lowest BCUT2D eigenvalue weighted by Crippen LogP contribution is -2.25. The van der Waals surface area contributed by atoms with Gasteiger partial charge in [-0.15, -0.1) is 12.4 Å². The van der Waals surface area contributed by atoms with E-state index >= 15 is 0 Å². The molecular weight excluding hydrogens is 441 g/mol. The van der Waals surface area contributed by atoms with Gasteiger partial charge in [0.2, 0.25) is 0 Å². The number of nitrogens with one attached hydrogen (secondary N) is 1. The van der Waals surface area contributed by atoms with Crippen molar-refractivity contribution in [3.05, 3.63) is 75.1 Å². The van der Waals surface area contributed by atoms with E-state index in [1.165, 1.54) is 29.0 Å². The van der Waals surface area contributed by atoms with Gasteiger partial charge in [0.25, 0.3) is 5.56 Å². The molecule has 1 aliphatic heterocycles. The summed E-state index contributed by atoms with van der Waals surface area (Å²) in [5, 5.41) is 3.41. The van der Waals surface area contributed by atoms with Crippen LogP contribution in [0.2, 0.25) is 0 Å². The lowest BCUT2D eigenvalue weighted by molar-refractivity contribution is -0.137. The first-order valence-electron chi connectivity index (χ1n) is 10.2. The molecule has 0 amide bonds. The molecule has 0 spiro atoms. The Hall–Kier alpha value is -2.84. The van der Waals surface area contributed by atoms with Crippen molar-refractivity contribution in [3.63, 3.8) is 0 Å². The summed E-state index contributed by atoms with van der Waals surface area (Å²) in [6.45, 7) is 1.84. The second-order valence-electron chi connectivity index (χ2n) is 7.96. The average molecular weight is 463 g/mol. The van der Waals surface area contributed by atoms with Crippen LogP contribution in [0.3, 0.4) is 0 Å². The molecule has 0 atom stereocenters. The Morgan fingerprint density at radius 2 is 1.91 bits per heavy atom. The van der Waals surface area contributed by atoms with Crippen molar-refractivity contribution in [2.24, 2.45) is 7.05 Å². The van der Waals surface area contributed by atoms with Crippen molar-refractivity contribution < 1.29 is 13.2 Å². The van der Waals surface area contributed by atoms with Crippen molar-refractivity contribution in [1.82, 2.24) is 19.4 Å². The number of hydrogen-bond donors (Lipinski definition) is 1. The number of allylic oxidation sites excluding steroid dienone is 1. The Morgan fingerprint density at radius 3 is 2.59 bits per heavy atom. The Balaban J connectivity index is 0.00000245. The van der Waals surface area contributed by atoms with Gasteiger partial charge in [0.15, 0.2) is 0 Å². The zero-order valence-corrected chi connectivity index (χ0v) is 18.2. The van der Waals surface area contributed by atoms with E-state index in [0.29, 0.717) is 11.3 Å². The molecule has 32 heavy (non-hydrogen) atoms. The summed E-state index contributed by atoms with van der Waals surface area (Å²) in [4.78, 5) is 16.7. The molecule has 0 radical (unpaired) electrons. The van der Waals surface area contributed by atoms with Gasteiger partial charge < -0.3 is 9.88 Å². The van der Waals surface area contributed by atoms with Crippen LogP contribution in [-0.4, -0.2) is 20.7 Å². The third-order valence-corrected chi connectivity index (χ3v) is 6.18. The highest BCUT2D eigenvalue weighted by atomic mass is 35.5. The Bertz CT molecular complexity index is 1260. The van der Waals surface area contributed by atoms with E-state index < -0.39 is 11.7 Å². The van der Waals surface area contributed by atoms with E-state index in [2.05, 4.69) is 28.0 Å². The van der Waals surface area contributed by atoms with Crippen LogP contribution in [0.5, 0.6) is 0 Å². The minimum atomic E-state index is -4.44. The van der Waals surface area contributed by atoms with Crippen LogP contribution < -0.4 is 10.9 Å². The first-order valence-corrected chi connectivity index (χ1v) is 10.2. The molecule has 9 heteroatoms. The number of fused-ring (bicyclic) bond motifs is 3. The van der Waals surface area contributed by atoms with Gasteiger partial charge in [-0.3, -0.25) is 14.3 Å². The fourth-order valence-electron chi connectivity index (χ4n) is 4.56. The third kappa shape index (κ3) is 3.78. The van der Waals surface area contributed by atoms with Gasteiger partial charge in [0.1, 0.15) is 0 Å². The molecule has 4 heterocycles. The average Bonchev–Trinajstić information content (AvgIpc) is 3.05. The van der Waals surface area contributed by atoms with Crippen LogP contribution in [0.25, 0.3) is 23.0 Å². The highest BCUT2D eigenvalue weighted by Gasteiger charge is 2.30. The van der Waals surface area contributed by atoms with Crippen LogP contribution in [0.15, 0.2) is 41.5 Å². The van der Waals surface area contributed by atoms with Gasteiger partial charge >= 0.3 is 6.18 Å². The van der Waals surface area contributed by atoms with Crippen LogP contribution in [0, 0.1) is 0 Å². The fourth-order valence-corrected chi connectivity index (χ4v) is 4.56. The fraction of sp³-hybridized carbons (Fsp3) is 0.304. The van der Waals surface area contributed by atoms with Gasteiger partial charge in [-0.25, -0.2) is 0 Å². The highest BCUT2D eigenvalue weighted by Crippen LogP contribution is 2.34. The highest BCUT2D eigenvalue weighted by molar-refractivity contribution is 5.85. The van der Waals surface area contributed by atoms with Crippen molar-refractivity contribution in [3.8, 4) is 11.3 Å². The van der Waals surface area contributed by atoms with E-state index in [1.54, 1.807) is 16.8 Å². The molecule has 0 saturated carbocycles. The minimum absolute atomic E-state index is 0. The number of pyridine rings is 2. The van der Waals surface area contributed by atoms with Crippen molar-refractivity contribution in [2.45, 2.75) is 32.0 Å². The molecule has 5 nitrogen and oxygen atoms in total. The van der Waals surface area contributed by atoms with Gasteiger partial charge in [0, 0.05) is 54.7 Å². The molecule has 168 valence electrons. The molecule has 3 aromatic rings. The van der Waals surface area contributed by atoms with Crippen molar-refractivity contribution >= 4 is 24.2 Å². The molecule has 0 bridgehead atoms. The second kappa shape index (κ2) is 8.26. The van der Waals surface area contributed by atoms with Crippen molar-refractivity contribution in [1.29, 1.82) is 0 Å². The Labute approximate surface area is 189 Å². The number of aromatic nitrogens is 3. The molecule has 0 aromatic carbocycles. The molecule has 1 aliphatic carbocycles. The van der Waals surface area contributed by atoms with E-state index in [-0.39, 0.29) is 18.0 Å². The smallest absolute Gasteiger partial charge is 0.346 e. The van der Waals surface area contributed by atoms with E-state index in [0.717, 1.165) is 56.0 Å². The minimum Gasteiger partial charge on any atom is -0.346 e. The standard InChI is InChI=1S/C23H21F3N4O.ClH/c1-29-20-11-16(3-4-17(20)18-6-8-27-13-21(18)29)30-9-7-14(10-22(30)31)19-5-2-15(12-28-19)23(24,25)26;/h2,5,7,9-12,27H,3-4,6,8,13H2,1H3;1H. The number of hydrogen-bond acceptors (Lipinski definition) is 3. The maximum atomic E-state index is 12.8. The molecule has 5 rings (SSSR count). The van der Waals surface area contributed by atoms with E-state index in [9.17, 15) is 18.0 Å². The predicted octanol–water partition coefficient (Wildman–Crippen LogP) is 4.28. The summed E-state index contributed by atoms with van der Waals surface area (Å²) in [7, 11) is 2.06. The van der Waals surface area contributed by atoms with E-state index in [1.807, 2.05) is 0 Å². The van der Waals surface area contributed by atoms with Gasteiger partial charge in [-0.05, 0) is 61.2 Å². The number of nitrogens with zero attached hydrogens (tertiary/aromatic N) is 3. The summed E-state index contributed by atoms with van der Waals surface area (Å²) in [5.74, 6) is 0. The summed E-state index contributed by atoms with van der Waals surface area (Å²) < 4.78 is 42.1. The zero-order chi connectivity index (χ0) is 21.8. The summed E-state index contributed by atoms with van der Waals surface area (Å²) in [5.41, 5.74) is 5.97. The molecule has 2 aliphatic rings. The zero-order valence-electron chi connectivity index (χ0n) is 17.4. The number of alkyl halides is 3. The van der Waals surface area contributed by atoms with Crippen LogP contribution in [0.4, 0.5) is 13.2 Å². The first kappa shape index (κ1) is 22.4. The summed E-state index contributed by atoms with van der Waals surface area (Å²) >= 11 is 0. The van der Waals surface area contributed by atoms with Crippen molar-refractivity contribution in [2.75, 3.05) is 6.54 Å². The predicted molar refractivity (Wildman–Crippen MR) is 119 cm³/mol. The van der Waals surface area contributed by atoms with Gasteiger partial charge in [-0.2, -0.15) is 13.2 Å². The van der Waals surface area contributed by atoms with E-state index in [4.69, 9.17) is 0 Å². The molecule has 0 saturated heterocycles. The van der Waals surface area contributed by atoms with Gasteiger partial charge in [0.05, 0.1) is 11.3 Å². The van der Waals surface area contributed by atoms with Gasteiger partial charge in [-0.1, -0.05) is 0 Å². The normalized spacial score (nSPS) is 15.4. The van der Waals surface area contributed by atoms with Crippen LogP contribution >= 0.6 is 12.4 Å². The molecule has 0 fully saturated rings. The third-order valence-electron chi connectivity index (χ3n) is 6.18. The SMILES string of the molecule is Cl.Cn1c2c(c3c1CNCC3)CCC(n1ccc(-c3ccc(C(F)(F)F)cn3)cc1=O)=C2. The monoisotopic (exact) mass is 462 g/mol. The number of rotatable bonds is 2. The maximum Gasteiger partial charge on any atom is 0.417 e. The largest absolute Gasteiger partial charge is 0.417 e. The van der Waals surface area contributed by atoms with Crippen LogP contribution in [-0.2, 0) is 32.6 Å². The lowest BCUT2D eigenvalue weighted by Gasteiger charge is -2.18. The topological polar surface area (TPSA) is 51.9 Å². The number of halogens is 4. The Kier molecular flexibility index (Phi) is 5.77. The lowest BCUT2D eigenvalue weighted by atomic mass is 9.94.